The van der Waals surface area contributed by atoms with Gasteiger partial charge in [0, 0.05) is 24.5 Å². The zero-order valence-corrected chi connectivity index (χ0v) is 16.0. The van der Waals surface area contributed by atoms with Crippen molar-refractivity contribution in [3.8, 4) is 5.75 Å². The molecule has 8 heteroatoms. The number of morpholine rings is 1. The first-order chi connectivity index (χ1) is 12.1. The number of guanidine groups is 1. The summed E-state index contributed by atoms with van der Waals surface area (Å²) in [6.07, 6.45) is 1.14. The van der Waals surface area contributed by atoms with E-state index < -0.39 is 0 Å². The number of nitrogens with two attached hydrogens (primary N) is 1. The number of methoxy groups -OCH3 is 1. The highest BCUT2D eigenvalue weighted by molar-refractivity contribution is 7.99. The minimum atomic E-state index is 0.0955. The van der Waals surface area contributed by atoms with E-state index >= 15 is 0 Å². The molecule has 2 aliphatic heterocycles. The van der Waals surface area contributed by atoms with Crippen molar-refractivity contribution in [2.24, 2.45) is 10.7 Å². The Morgan fingerprint density at radius 1 is 1.48 bits per heavy atom. The Kier molecular flexibility index (Phi) is 6.33. The Morgan fingerprint density at radius 3 is 2.92 bits per heavy atom. The first-order valence-corrected chi connectivity index (χ1v) is 9.97. The van der Waals surface area contributed by atoms with Crippen LogP contribution in [0.3, 0.4) is 0 Å². The maximum atomic E-state index is 6.15. The normalized spacial score (nSPS) is 25.1. The van der Waals surface area contributed by atoms with Crippen molar-refractivity contribution in [1.82, 2.24) is 4.90 Å². The van der Waals surface area contributed by atoms with Crippen LogP contribution in [0, 0.1) is 0 Å². The lowest BCUT2D eigenvalue weighted by Crippen LogP contribution is -2.56. The van der Waals surface area contributed by atoms with Crippen molar-refractivity contribution in [3.05, 3.63) is 23.2 Å². The predicted molar refractivity (Wildman–Crippen MR) is 105 cm³/mol. The number of thioether (sulfide) groups is 1. The van der Waals surface area contributed by atoms with Crippen molar-refractivity contribution >= 4 is 35.0 Å². The van der Waals surface area contributed by atoms with Crippen molar-refractivity contribution in [2.45, 2.75) is 12.0 Å². The molecule has 0 bridgehead atoms. The van der Waals surface area contributed by atoms with E-state index in [-0.39, 0.29) is 5.54 Å². The van der Waals surface area contributed by atoms with Crippen LogP contribution in [-0.4, -0.2) is 67.9 Å². The lowest BCUT2D eigenvalue weighted by atomic mass is 9.96. The number of hydrogen-bond donors (Lipinski definition) is 2. The van der Waals surface area contributed by atoms with Crippen LogP contribution in [0.1, 0.15) is 6.42 Å². The number of benzene rings is 1. The number of aliphatic imine (C=N–C) groups is 1. The average molecular weight is 385 g/mol. The highest BCUT2D eigenvalue weighted by Crippen LogP contribution is 2.34. The van der Waals surface area contributed by atoms with Gasteiger partial charge in [0.1, 0.15) is 5.75 Å². The molecule has 1 atom stereocenters. The summed E-state index contributed by atoms with van der Waals surface area (Å²) in [4.78, 5) is 7.16. The zero-order valence-electron chi connectivity index (χ0n) is 14.5. The number of nitrogens with one attached hydrogen (secondary N) is 1. The Hall–Kier alpha value is -1.15. The van der Waals surface area contributed by atoms with E-state index in [2.05, 4.69) is 15.2 Å². The van der Waals surface area contributed by atoms with E-state index in [1.54, 1.807) is 19.2 Å². The van der Waals surface area contributed by atoms with E-state index in [9.17, 15) is 0 Å². The Labute approximate surface area is 158 Å². The molecule has 1 unspecified atom stereocenters. The Morgan fingerprint density at radius 2 is 2.28 bits per heavy atom. The second-order valence-electron chi connectivity index (χ2n) is 6.30. The molecule has 2 saturated heterocycles. The van der Waals surface area contributed by atoms with Crippen LogP contribution in [0.2, 0.25) is 5.02 Å². The molecule has 3 N–H and O–H groups in total. The highest BCUT2D eigenvalue weighted by atomic mass is 35.5. The number of hydrogen-bond acceptors (Lipinski definition) is 5. The quantitative estimate of drug-likeness (QED) is 0.599. The summed E-state index contributed by atoms with van der Waals surface area (Å²) < 4.78 is 10.7. The van der Waals surface area contributed by atoms with Gasteiger partial charge in [-0.05, 0) is 30.4 Å². The fourth-order valence-corrected chi connectivity index (χ4v) is 5.00. The second kappa shape index (κ2) is 8.49. The standard InChI is InChI=1S/C17H25ClN4O2S/c1-23-15-3-2-13(10-14(15)18)21-16(19)20-11-17(4-9-25-12-17)22-5-7-24-8-6-22/h2-3,10H,4-9,11-12H2,1H3,(H3,19,20,21). The van der Waals surface area contributed by atoms with Gasteiger partial charge in [0.2, 0.25) is 0 Å². The first-order valence-electron chi connectivity index (χ1n) is 8.44. The van der Waals surface area contributed by atoms with Crippen molar-refractivity contribution in [2.75, 3.05) is 56.8 Å². The van der Waals surface area contributed by atoms with Crippen LogP contribution >= 0.6 is 23.4 Å². The van der Waals surface area contributed by atoms with Gasteiger partial charge in [-0.3, -0.25) is 9.89 Å². The van der Waals surface area contributed by atoms with Crippen molar-refractivity contribution in [1.29, 1.82) is 0 Å². The third-order valence-corrected chi connectivity index (χ3v) is 6.26. The first kappa shape index (κ1) is 18.6. The number of nitrogens with zero attached hydrogens (tertiary/aromatic N) is 2. The Bertz CT molecular complexity index is 617. The summed E-state index contributed by atoms with van der Waals surface area (Å²) in [5, 5.41) is 3.66. The van der Waals surface area contributed by atoms with E-state index in [4.69, 9.17) is 26.8 Å². The summed E-state index contributed by atoms with van der Waals surface area (Å²) in [7, 11) is 1.59. The fourth-order valence-electron chi connectivity index (χ4n) is 3.27. The van der Waals surface area contributed by atoms with E-state index in [0.29, 0.717) is 23.3 Å². The molecule has 0 saturated carbocycles. The summed E-state index contributed by atoms with van der Waals surface area (Å²) in [5.74, 6) is 3.31. The lowest BCUT2D eigenvalue weighted by Gasteiger charge is -2.42. The minimum Gasteiger partial charge on any atom is -0.495 e. The molecule has 3 rings (SSSR count). The maximum absolute atomic E-state index is 6.15. The van der Waals surface area contributed by atoms with Gasteiger partial charge in [0.25, 0.3) is 0 Å². The van der Waals surface area contributed by atoms with Crippen LogP contribution in [0.25, 0.3) is 0 Å². The number of ether oxygens (including phenoxy) is 2. The molecule has 6 nitrogen and oxygen atoms in total. The minimum absolute atomic E-state index is 0.0955. The topological polar surface area (TPSA) is 72.1 Å². The van der Waals surface area contributed by atoms with Gasteiger partial charge in [0.15, 0.2) is 5.96 Å². The third kappa shape index (κ3) is 4.53. The number of halogens is 1. The van der Waals surface area contributed by atoms with E-state index in [1.807, 2.05) is 17.8 Å². The highest BCUT2D eigenvalue weighted by Gasteiger charge is 2.40. The van der Waals surface area contributed by atoms with Gasteiger partial charge >= 0.3 is 0 Å². The molecule has 2 aliphatic rings. The van der Waals surface area contributed by atoms with Crippen LogP contribution in [0.4, 0.5) is 5.69 Å². The summed E-state index contributed by atoms with van der Waals surface area (Å²) in [6, 6.07) is 5.46. The van der Waals surface area contributed by atoms with Gasteiger partial charge in [-0.15, -0.1) is 0 Å². The summed E-state index contributed by atoms with van der Waals surface area (Å²) in [5.41, 5.74) is 7.00. The maximum Gasteiger partial charge on any atom is 0.193 e. The fraction of sp³-hybridized carbons (Fsp3) is 0.588. The molecule has 0 radical (unpaired) electrons. The van der Waals surface area contributed by atoms with Crippen LogP contribution in [0.15, 0.2) is 23.2 Å². The molecule has 0 amide bonds. The van der Waals surface area contributed by atoms with E-state index in [0.717, 1.165) is 44.2 Å². The average Bonchev–Trinajstić information content (AvgIpc) is 3.11. The zero-order chi connectivity index (χ0) is 17.7. The number of rotatable bonds is 5. The molecule has 0 spiro atoms. The van der Waals surface area contributed by atoms with Crippen molar-refractivity contribution in [3.63, 3.8) is 0 Å². The molecular formula is C17H25ClN4O2S. The van der Waals surface area contributed by atoms with Crippen LogP contribution < -0.4 is 15.8 Å². The SMILES string of the molecule is COc1ccc(NC(N)=NCC2(N3CCOCC3)CCSC2)cc1Cl. The number of anilines is 1. The largest absolute Gasteiger partial charge is 0.495 e. The van der Waals surface area contributed by atoms with Gasteiger partial charge < -0.3 is 20.5 Å². The molecule has 0 aromatic heterocycles. The molecule has 25 heavy (non-hydrogen) atoms. The summed E-state index contributed by atoms with van der Waals surface area (Å²) >= 11 is 8.14. The van der Waals surface area contributed by atoms with Crippen LogP contribution in [-0.2, 0) is 4.74 Å². The molecular weight excluding hydrogens is 360 g/mol. The molecule has 1 aromatic rings. The second-order valence-corrected chi connectivity index (χ2v) is 7.81. The predicted octanol–water partition coefficient (Wildman–Crippen LogP) is 2.28. The molecule has 2 fully saturated rings. The lowest BCUT2D eigenvalue weighted by molar-refractivity contribution is -0.0104. The van der Waals surface area contributed by atoms with Crippen LogP contribution in [0.5, 0.6) is 5.75 Å². The molecule has 2 heterocycles. The van der Waals surface area contributed by atoms with Crippen molar-refractivity contribution < 1.29 is 9.47 Å². The smallest absolute Gasteiger partial charge is 0.193 e. The van der Waals surface area contributed by atoms with Gasteiger partial charge in [-0.2, -0.15) is 11.8 Å². The molecule has 1 aromatic carbocycles. The van der Waals surface area contributed by atoms with Gasteiger partial charge in [-0.25, -0.2) is 0 Å². The Balaban J connectivity index is 1.65. The molecule has 138 valence electrons. The summed E-state index contributed by atoms with van der Waals surface area (Å²) in [6.45, 7) is 4.24. The third-order valence-electron chi connectivity index (χ3n) is 4.73. The van der Waals surface area contributed by atoms with Gasteiger partial charge in [-0.1, -0.05) is 11.6 Å². The van der Waals surface area contributed by atoms with E-state index in [1.165, 1.54) is 5.75 Å². The monoisotopic (exact) mass is 384 g/mol. The molecule has 0 aliphatic carbocycles. The van der Waals surface area contributed by atoms with Gasteiger partial charge in [0.05, 0.1) is 37.4 Å².